The molecule has 8 heteroatoms. The first-order valence-corrected chi connectivity index (χ1v) is 11.9. The van der Waals surface area contributed by atoms with Gasteiger partial charge in [-0.1, -0.05) is 36.3 Å². The Hall–Kier alpha value is -3.28. The number of terminal acetylenes is 1. The van der Waals surface area contributed by atoms with E-state index in [1.807, 2.05) is 37.3 Å². The van der Waals surface area contributed by atoms with Crippen molar-refractivity contribution in [2.24, 2.45) is 5.10 Å². The standard InChI is InChI=1S/C26H22Br2N2O4/c1-3-12-33-25-21(27)13-19(14-22(25)28)16-29-30-26(31)20-10-11-23(24(15-20)32-4-2)34-17-18-8-6-5-7-9-18/h1,5-11,13-16H,4,12,17H2,2H3,(H,30,31)/b29-16+. The van der Waals surface area contributed by atoms with Crippen LogP contribution in [-0.4, -0.2) is 25.3 Å². The molecule has 0 atom stereocenters. The van der Waals surface area contributed by atoms with E-state index in [-0.39, 0.29) is 12.5 Å². The zero-order valence-electron chi connectivity index (χ0n) is 18.4. The minimum absolute atomic E-state index is 0.153. The summed E-state index contributed by atoms with van der Waals surface area (Å²) in [6, 6.07) is 18.5. The molecule has 0 bridgehead atoms. The minimum Gasteiger partial charge on any atom is -0.490 e. The Morgan fingerprint density at radius 2 is 1.76 bits per heavy atom. The maximum absolute atomic E-state index is 12.6. The summed E-state index contributed by atoms with van der Waals surface area (Å²) >= 11 is 6.89. The summed E-state index contributed by atoms with van der Waals surface area (Å²) in [5, 5.41) is 4.05. The van der Waals surface area contributed by atoms with Gasteiger partial charge >= 0.3 is 0 Å². The molecule has 0 spiro atoms. The Morgan fingerprint density at radius 3 is 2.44 bits per heavy atom. The number of nitrogens with zero attached hydrogens (tertiary/aromatic N) is 1. The zero-order valence-corrected chi connectivity index (χ0v) is 21.6. The molecule has 0 radical (unpaired) electrons. The van der Waals surface area contributed by atoms with E-state index in [0.717, 1.165) is 11.1 Å². The predicted octanol–water partition coefficient (Wildman–Crippen LogP) is 5.97. The number of hydrazone groups is 1. The number of hydrogen-bond donors (Lipinski definition) is 1. The number of carbonyl (C=O) groups is 1. The molecule has 3 aromatic carbocycles. The average Bonchev–Trinajstić information content (AvgIpc) is 2.83. The quantitative estimate of drug-likeness (QED) is 0.181. The van der Waals surface area contributed by atoms with E-state index in [0.29, 0.717) is 45.0 Å². The van der Waals surface area contributed by atoms with Crippen LogP contribution in [0.15, 0.2) is 74.7 Å². The molecule has 174 valence electrons. The summed E-state index contributed by atoms with van der Waals surface area (Å²) in [6.07, 6.45) is 6.77. The largest absolute Gasteiger partial charge is 0.490 e. The molecule has 0 fully saturated rings. The summed E-state index contributed by atoms with van der Waals surface area (Å²) in [4.78, 5) is 12.6. The van der Waals surface area contributed by atoms with Crippen LogP contribution in [0.4, 0.5) is 0 Å². The van der Waals surface area contributed by atoms with E-state index in [2.05, 4.69) is 48.3 Å². The van der Waals surface area contributed by atoms with E-state index in [1.165, 1.54) is 6.21 Å². The summed E-state index contributed by atoms with van der Waals surface area (Å²) in [5.41, 5.74) is 4.70. The molecule has 0 heterocycles. The van der Waals surface area contributed by atoms with Crippen molar-refractivity contribution in [3.63, 3.8) is 0 Å². The molecule has 0 saturated heterocycles. The van der Waals surface area contributed by atoms with Crippen molar-refractivity contribution in [3.05, 3.63) is 86.3 Å². The van der Waals surface area contributed by atoms with Crippen molar-refractivity contribution in [2.75, 3.05) is 13.2 Å². The molecule has 6 nitrogen and oxygen atoms in total. The highest BCUT2D eigenvalue weighted by molar-refractivity contribution is 9.11. The molecule has 0 aliphatic rings. The highest BCUT2D eigenvalue weighted by Crippen LogP contribution is 2.34. The predicted molar refractivity (Wildman–Crippen MR) is 140 cm³/mol. The summed E-state index contributed by atoms with van der Waals surface area (Å²) in [6.45, 7) is 2.86. The third-order valence-corrected chi connectivity index (χ3v) is 5.62. The Morgan fingerprint density at radius 1 is 1.03 bits per heavy atom. The van der Waals surface area contributed by atoms with Gasteiger partial charge in [-0.15, -0.1) is 6.42 Å². The molecule has 0 aliphatic carbocycles. The number of benzene rings is 3. The number of rotatable bonds is 10. The van der Waals surface area contributed by atoms with Gasteiger partial charge in [0.15, 0.2) is 11.5 Å². The maximum Gasteiger partial charge on any atom is 0.271 e. The topological polar surface area (TPSA) is 69.2 Å². The third-order valence-electron chi connectivity index (χ3n) is 4.44. The highest BCUT2D eigenvalue weighted by atomic mass is 79.9. The molecule has 1 amide bonds. The van der Waals surface area contributed by atoms with Gasteiger partial charge in [0.1, 0.15) is 19.0 Å². The normalized spacial score (nSPS) is 10.5. The number of ether oxygens (including phenoxy) is 3. The van der Waals surface area contributed by atoms with Crippen molar-refractivity contribution < 1.29 is 19.0 Å². The molecule has 0 aromatic heterocycles. The molecule has 3 aromatic rings. The second-order valence-electron chi connectivity index (χ2n) is 6.87. The SMILES string of the molecule is C#CCOc1c(Br)cc(/C=N/NC(=O)c2ccc(OCc3ccccc3)c(OCC)c2)cc1Br. The fraction of sp³-hybridized carbons (Fsp3) is 0.154. The molecule has 1 N–H and O–H groups in total. The van der Waals surface area contributed by atoms with Crippen LogP contribution in [0.1, 0.15) is 28.4 Å². The molecule has 0 saturated carbocycles. The summed E-state index contributed by atoms with van der Waals surface area (Å²) < 4.78 is 18.5. The monoisotopic (exact) mass is 584 g/mol. The van der Waals surface area contributed by atoms with Crippen molar-refractivity contribution in [2.45, 2.75) is 13.5 Å². The number of carbonyl (C=O) groups excluding carboxylic acids is 1. The number of nitrogens with one attached hydrogen (secondary N) is 1. The van der Waals surface area contributed by atoms with Crippen LogP contribution in [0, 0.1) is 12.3 Å². The lowest BCUT2D eigenvalue weighted by Gasteiger charge is -2.13. The van der Waals surface area contributed by atoms with E-state index in [9.17, 15) is 4.79 Å². The molecule has 0 aliphatic heterocycles. The van der Waals surface area contributed by atoms with Crippen molar-refractivity contribution >= 4 is 44.0 Å². The Balaban J connectivity index is 1.66. The van der Waals surface area contributed by atoms with Gasteiger partial charge in [-0.2, -0.15) is 5.10 Å². The van der Waals surface area contributed by atoms with Gasteiger partial charge in [0.25, 0.3) is 5.91 Å². The van der Waals surface area contributed by atoms with Gasteiger partial charge in [-0.05, 0) is 80.2 Å². The fourth-order valence-electron chi connectivity index (χ4n) is 2.91. The summed E-state index contributed by atoms with van der Waals surface area (Å²) in [7, 11) is 0. The van der Waals surface area contributed by atoms with Crippen LogP contribution < -0.4 is 19.6 Å². The Labute approximate surface area is 215 Å². The smallest absolute Gasteiger partial charge is 0.271 e. The van der Waals surface area contributed by atoms with Crippen molar-refractivity contribution in [1.82, 2.24) is 5.43 Å². The van der Waals surface area contributed by atoms with Gasteiger partial charge in [-0.3, -0.25) is 4.79 Å². The van der Waals surface area contributed by atoms with Crippen LogP contribution in [0.5, 0.6) is 17.2 Å². The van der Waals surface area contributed by atoms with Gasteiger partial charge in [0, 0.05) is 5.56 Å². The van der Waals surface area contributed by atoms with Crippen LogP contribution in [0.2, 0.25) is 0 Å². The van der Waals surface area contributed by atoms with E-state index in [4.69, 9.17) is 20.6 Å². The van der Waals surface area contributed by atoms with Crippen LogP contribution >= 0.6 is 31.9 Å². The first-order chi connectivity index (χ1) is 16.5. The molecular weight excluding hydrogens is 564 g/mol. The van der Waals surface area contributed by atoms with Gasteiger partial charge in [0.2, 0.25) is 0 Å². The van der Waals surface area contributed by atoms with Gasteiger partial charge < -0.3 is 14.2 Å². The first kappa shape index (κ1) is 25.3. The van der Waals surface area contributed by atoms with Crippen molar-refractivity contribution in [1.29, 1.82) is 0 Å². The molecule has 0 unspecified atom stereocenters. The Bertz CT molecular complexity index is 1180. The van der Waals surface area contributed by atoms with Gasteiger partial charge in [-0.25, -0.2) is 5.43 Å². The first-order valence-electron chi connectivity index (χ1n) is 10.3. The fourth-order valence-corrected chi connectivity index (χ4v) is 4.36. The van der Waals surface area contributed by atoms with E-state index < -0.39 is 0 Å². The third kappa shape index (κ3) is 7.11. The minimum atomic E-state index is -0.376. The highest BCUT2D eigenvalue weighted by Gasteiger charge is 2.12. The zero-order chi connectivity index (χ0) is 24.3. The second kappa shape index (κ2) is 12.8. The lowest BCUT2D eigenvalue weighted by Crippen LogP contribution is -2.17. The Kier molecular flexibility index (Phi) is 9.56. The number of halogens is 2. The summed E-state index contributed by atoms with van der Waals surface area (Å²) in [5.74, 6) is 3.70. The molecule has 3 rings (SSSR count). The van der Waals surface area contributed by atoms with E-state index in [1.54, 1.807) is 30.3 Å². The lowest BCUT2D eigenvalue weighted by molar-refractivity contribution is 0.0954. The maximum atomic E-state index is 12.6. The molecular formula is C26H22Br2N2O4. The average molecular weight is 586 g/mol. The number of amides is 1. The van der Waals surface area contributed by atoms with Crippen LogP contribution in [0.3, 0.4) is 0 Å². The lowest BCUT2D eigenvalue weighted by atomic mass is 10.2. The number of hydrogen-bond acceptors (Lipinski definition) is 5. The van der Waals surface area contributed by atoms with Crippen molar-refractivity contribution in [3.8, 4) is 29.6 Å². The van der Waals surface area contributed by atoms with Crippen LogP contribution in [-0.2, 0) is 6.61 Å². The molecule has 34 heavy (non-hydrogen) atoms. The van der Waals surface area contributed by atoms with Crippen LogP contribution in [0.25, 0.3) is 0 Å². The second-order valence-corrected chi connectivity index (χ2v) is 8.58. The van der Waals surface area contributed by atoms with E-state index >= 15 is 0 Å². The van der Waals surface area contributed by atoms with Gasteiger partial charge in [0.05, 0.1) is 21.8 Å².